The van der Waals surface area contributed by atoms with E-state index < -0.39 is 4.92 Å². The largest absolute Gasteiger partial charge is 0.489 e. The molecule has 0 radical (unpaired) electrons. The first-order valence-electron chi connectivity index (χ1n) is 6.03. The third-order valence-corrected chi connectivity index (χ3v) is 2.79. The molecule has 0 aliphatic rings. The fourth-order valence-electron chi connectivity index (χ4n) is 1.71. The van der Waals surface area contributed by atoms with Crippen molar-refractivity contribution in [2.75, 3.05) is 0 Å². The van der Waals surface area contributed by atoms with Crippen LogP contribution in [-0.2, 0) is 6.61 Å². The number of non-ortho nitro benzene ring substituents is 1. The molecule has 5 nitrogen and oxygen atoms in total. The van der Waals surface area contributed by atoms with Crippen LogP contribution in [0.15, 0.2) is 48.5 Å². The molecule has 0 saturated heterocycles. The summed E-state index contributed by atoms with van der Waals surface area (Å²) in [4.78, 5) is 21.4. The van der Waals surface area contributed by atoms with Gasteiger partial charge >= 0.3 is 0 Å². The molecule has 0 aliphatic carbocycles. The second-order valence-electron chi connectivity index (χ2n) is 4.30. The molecule has 0 aromatic heterocycles. The summed E-state index contributed by atoms with van der Waals surface area (Å²) in [6, 6.07) is 13.1. The summed E-state index contributed by atoms with van der Waals surface area (Å²) in [6.45, 7) is 1.74. The molecule has 0 spiro atoms. The molecule has 5 heteroatoms. The molecular formula is C15H13NO4. The maximum Gasteiger partial charge on any atom is 0.269 e. The van der Waals surface area contributed by atoms with E-state index in [0.29, 0.717) is 11.3 Å². The number of rotatable bonds is 5. The number of Topliss-reactive ketones (excluding diaryl/α,β-unsaturated/α-hetero) is 1. The molecule has 0 bridgehead atoms. The van der Waals surface area contributed by atoms with Crippen LogP contribution < -0.4 is 4.74 Å². The second-order valence-corrected chi connectivity index (χ2v) is 4.30. The van der Waals surface area contributed by atoms with Crippen molar-refractivity contribution in [2.24, 2.45) is 0 Å². The standard InChI is InChI=1S/C15H13NO4/c1-11(17)13-5-7-15(8-6-13)20-10-12-3-2-4-14(9-12)16(18)19/h2-9H,10H2,1H3. The number of nitrogens with zero attached hydrogens (tertiary/aromatic N) is 1. The van der Waals surface area contributed by atoms with E-state index >= 15 is 0 Å². The van der Waals surface area contributed by atoms with E-state index in [1.165, 1.54) is 19.1 Å². The third-order valence-electron chi connectivity index (χ3n) is 2.79. The summed E-state index contributed by atoms with van der Waals surface area (Å²) in [6.07, 6.45) is 0. The van der Waals surface area contributed by atoms with Crippen molar-refractivity contribution in [1.82, 2.24) is 0 Å². The fraction of sp³-hybridized carbons (Fsp3) is 0.133. The molecule has 0 fully saturated rings. The first-order valence-corrected chi connectivity index (χ1v) is 6.03. The first-order chi connectivity index (χ1) is 9.56. The molecule has 0 N–H and O–H groups in total. The van der Waals surface area contributed by atoms with Crippen molar-refractivity contribution in [3.63, 3.8) is 0 Å². The molecule has 0 unspecified atom stereocenters. The normalized spacial score (nSPS) is 10.1. The van der Waals surface area contributed by atoms with Crippen LogP contribution in [0.2, 0.25) is 0 Å². The zero-order valence-electron chi connectivity index (χ0n) is 10.9. The number of hydrogen-bond donors (Lipinski definition) is 0. The lowest BCUT2D eigenvalue weighted by atomic mass is 10.1. The van der Waals surface area contributed by atoms with Gasteiger partial charge < -0.3 is 4.74 Å². The molecular weight excluding hydrogens is 258 g/mol. The van der Waals surface area contributed by atoms with Crippen LogP contribution in [0.4, 0.5) is 5.69 Å². The highest BCUT2D eigenvalue weighted by Gasteiger charge is 2.06. The Labute approximate surface area is 116 Å². The summed E-state index contributed by atoms with van der Waals surface area (Å²) < 4.78 is 5.53. The van der Waals surface area contributed by atoms with E-state index in [0.717, 1.165) is 5.56 Å². The molecule has 2 rings (SSSR count). The van der Waals surface area contributed by atoms with Gasteiger partial charge in [-0.2, -0.15) is 0 Å². The van der Waals surface area contributed by atoms with E-state index in [2.05, 4.69) is 0 Å². The molecule has 2 aromatic carbocycles. The minimum absolute atomic E-state index is 0.00441. The maximum absolute atomic E-state index is 11.1. The van der Waals surface area contributed by atoms with Crippen molar-refractivity contribution in [3.8, 4) is 5.75 Å². The quantitative estimate of drug-likeness (QED) is 0.475. The number of ether oxygens (including phenoxy) is 1. The van der Waals surface area contributed by atoms with E-state index in [4.69, 9.17) is 4.74 Å². The molecule has 20 heavy (non-hydrogen) atoms. The van der Waals surface area contributed by atoms with Crippen LogP contribution in [0.5, 0.6) is 5.75 Å². The summed E-state index contributed by atoms with van der Waals surface area (Å²) >= 11 is 0. The number of carbonyl (C=O) groups excluding carboxylic acids is 1. The van der Waals surface area contributed by atoms with Gasteiger partial charge in [0.25, 0.3) is 5.69 Å². The average molecular weight is 271 g/mol. The zero-order chi connectivity index (χ0) is 14.5. The van der Waals surface area contributed by atoms with Crippen molar-refractivity contribution in [3.05, 3.63) is 69.8 Å². The Morgan fingerprint density at radius 2 is 1.90 bits per heavy atom. The lowest BCUT2D eigenvalue weighted by Crippen LogP contribution is -1.97. The summed E-state index contributed by atoms with van der Waals surface area (Å²) in [7, 11) is 0. The fourth-order valence-corrected chi connectivity index (χ4v) is 1.71. The van der Waals surface area contributed by atoms with Crippen molar-refractivity contribution in [1.29, 1.82) is 0 Å². The number of carbonyl (C=O) groups is 1. The van der Waals surface area contributed by atoms with Gasteiger partial charge in [-0.05, 0) is 36.8 Å². The van der Waals surface area contributed by atoms with Gasteiger partial charge in [0.2, 0.25) is 0 Å². The molecule has 0 saturated carbocycles. The lowest BCUT2D eigenvalue weighted by Gasteiger charge is -2.06. The van der Waals surface area contributed by atoms with Gasteiger partial charge in [0.15, 0.2) is 5.78 Å². The molecule has 0 amide bonds. The predicted octanol–water partition coefficient (Wildman–Crippen LogP) is 3.38. The SMILES string of the molecule is CC(=O)c1ccc(OCc2cccc([N+](=O)[O-])c2)cc1. The zero-order valence-corrected chi connectivity index (χ0v) is 10.9. The van der Waals surface area contributed by atoms with Gasteiger partial charge in [0.1, 0.15) is 12.4 Å². The maximum atomic E-state index is 11.1. The van der Waals surface area contributed by atoms with Crippen LogP contribution in [0.3, 0.4) is 0 Å². The highest BCUT2D eigenvalue weighted by Crippen LogP contribution is 2.17. The Kier molecular flexibility index (Phi) is 4.10. The van der Waals surface area contributed by atoms with Gasteiger partial charge in [0, 0.05) is 17.7 Å². The number of nitro groups is 1. The first kappa shape index (κ1) is 13.7. The van der Waals surface area contributed by atoms with Gasteiger partial charge in [-0.3, -0.25) is 14.9 Å². The van der Waals surface area contributed by atoms with Gasteiger partial charge in [-0.25, -0.2) is 0 Å². The van der Waals surface area contributed by atoms with Crippen molar-refractivity contribution < 1.29 is 14.5 Å². The minimum atomic E-state index is -0.439. The Balaban J connectivity index is 2.03. The summed E-state index contributed by atoms with van der Waals surface area (Å²) in [5.41, 5.74) is 1.38. The summed E-state index contributed by atoms with van der Waals surface area (Å²) in [5, 5.41) is 10.7. The Hall–Kier alpha value is -2.69. The summed E-state index contributed by atoms with van der Waals surface area (Å²) in [5.74, 6) is 0.608. The van der Waals surface area contributed by atoms with Crippen molar-refractivity contribution in [2.45, 2.75) is 13.5 Å². The molecule has 0 atom stereocenters. The topological polar surface area (TPSA) is 69.4 Å². The second kappa shape index (κ2) is 5.97. The smallest absolute Gasteiger partial charge is 0.269 e. The van der Waals surface area contributed by atoms with Crippen LogP contribution in [0.25, 0.3) is 0 Å². The number of ketones is 1. The monoisotopic (exact) mass is 271 g/mol. The highest BCUT2D eigenvalue weighted by atomic mass is 16.6. The molecule has 0 heterocycles. The average Bonchev–Trinajstić information content (AvgIpc) is 2.46. The van der Waals surface area contributed by atoms with E-state index in [9.17, 15) is 14.9 Å². The number of nitro benzene ring substituents is 1. The minimum Gasteiger partial charge on any atom is -0.489 e. The van der Waals surface area contributed by atoms with Crippen LogP contribution in [0.1, 0.15) is 22.8 Å². The van der Waals surface area contributed by atoms with Crippen LogP contribution in [-0.4, -0.2) is 10.7 Å². The predicted molar refractivity (Wildman–Crippen MR) is 73.9 cm³/mol. The van der Waals surface area contributed by atoms with Crippen molar-refractivity contribution >= 4 is 11.5 Å². The Morgan fingerprint density at radius 3 is 2.50 bits per heavy atom. The Morgan fingerprint density at radius 1 is 1.20 bits per heavy atom. The molecule has 0 aliphatic heterocycles. The van der Waals surface area contributed by atoms with Gasteiger partial charge in [-0.15, -0.1) is 0 Å². The van der Waals surface area contributed by atoms with Gasteiger partial charge in [0.05, 0.1) is 4.92 Å². The number of hydrogen-bond acceptors (Lipinski definition) is 4. The van der Waals surface area contributed by atoms with E-state index in [1.54, 1.807) is 36.4 Å². The van der Waals surface area contributed by atoms with E-state index in [-0.39, 0.29) is 18.1 Å². The molecule has 2 aromatic rings. The molecule has 102 valence electrons. The number of benzene rings is 2. The third kappa shape index (κ3) is 3.41. The van der Waals surface area contributed by atoms with Crippen LogP contribution >= 0.6 is 0 Å². The highest BCUT2D eigenvalue weighted by molar-refractivity contribution is 5.94. The van der Waals surface area contributed by atoms with Gasteiger partial charge in [-0.1, -0.05) is 12.1 Å². The van der Waals surface area contributed by atoms with E-state index in [1.807, 2.05) is 0 Å². The van der Waals surface area contributed by atoms with Crippen LogP contribution in [0, 0.1) is 10.1 Å². The lowest BCUT2D eigenvalue weighted by molar-refractivity contribution is -0.384. The Bertz CT molecular complexity index is 635.